The Labute approximate surface area is 147 Å². The molecular weight excluding hydrogens is 308 g/mol. The lowest BCUT2D eigenvalue weighted by Gasteiger charge is -2.36. The quantitative estimate of drug-likeness (QED) is 0.890. The molecule has 1 aromatic rings. The molecule has 0 aliphatic heterocycles. The van der Waals surface area contributed by atoms with E-state index in [1.54, 1.807) is 0 Å². The minimum absolute atomic E-state index is 0. The minimum atomic E-state index is -0.328. The van der Waals surface area contributed by atoms with Crippen LogP contribution in [0.15, 0.2) is 24.3 Å². The van der Waals surface area contributed by atoms with E-state index >= 15 is 0 Å². The second-order valence-electron chi connectivity index (χ2n) is 7.69. The van der Waals surface area contributed by atoms with Crippen LogP contribution in [0.3, 0.4) is 0 Å². The van der Waals surface area contributed by atoms with E-state index in [-0.39, 0.29) is 29.1 Å². The fourth-order valence-electron chi connectivity index (χ4n) is 3.69. The Hall–Kier alpha value is -1.06. The van der Waals surface area contributed by atoms with Crippen molar-refractivity contribution >= 4 is 18.3 Å². The highest BCUT2D eigenvalue weighted by atomic mass is 35.5. The van der Waals surface area contributed by atoms with Crippen molar-refractivity contribution in [3.8, 4) is 0 Å². The van der Waals surface area contributed by atoms with Crippen LogP contribution in [-0.4, -0.2) is 30.9 Å². The summed E-state index contributed by atoms with van der Waals surface area (Å²) in [6, 6.07) is 8.48. The highest BCUT2D eigenvalue weighted by Crippen LogP contribution is 2.43. The monoisotopic (exact) mass is 338 g/mol. The second kappa shape index (κ2) is 7.67. The number of aryl methyl sites for hydroxylation is 1. The first-order chi connectivity index (χ1) is 10.3. The second-order valence-corrected chi connectivity index (χ2v) is 7.69. The smallest absolute Gasteiger partial charge is 0.232 e. The van der Waals surface area contributed by atoms with Gasteiger partial charge in [-0.25, -0.2) is 0 Å². The lowest BCUT2D eigenvalue weighted by molar-refractivity contribution is -0.137. The molecule has 1 aromatic carbocycles. The number of hydrogen-bond acceptors (Lipinski definition) is 2. The van der Waals surface area contributed by atoms with Crippen LogP contribution in [0.2, 0.25) is 0 Å². The van der Waals surface area contributed by atoms with Gasteiger partial charge in [0.05, 0.1) is 5.41 Å². The molecule has 0 atom stereocenters. The predicted molar refractivity (Wildman–Crippen MR) is 99.0 cm³/mol. The Kier molecular flexibility index (Phi) is 6.67. The van der Waals surface area contributed by atoms with Crippen molar-refractivity contribution in [3.05, 3.63) is 35.4 Å². The van der Waals surface area contributed by atoms with Gasteiger partial charge in [0.2, 0.25) is 5.91 Å². The fourth-order valence-corrected chi connectivity index (χ4v) is 3.69. The Bertz CT molecular complexity index is 536. The average Bonchev–Trinajstić information content (AvgIpc) is 2.96. The summed E-state index contributed by atoms with van der Waals surface area (Å²) in [4.78, 5) is 15.2. The zero-order chi connectivity index (χ0) is 16.4. The molecule has 0 heterocycles. The molecule has 0 bridgehead atoms. The van der Waals surface area contributed by atoms with E-state index in [0.29, 0.717) is 13.1 Å². The summed E-state index contributed by atoms with van der Waals surface area (Å²) in [7, 11) is 1.93. The number of nitrogens with zero attached hydrogens (tertiary/aromatic N) is 1. The largest absolute Gasteiger partial charge is 0.344 e. The van der Waals surface area contributed by atoms with Gasteiger partial charge in [0.1, 0.15) is 0 Å². The summed E-state index contributed by atoms with van der Waals surface area (Å²) in [5, 5.41) is 0. The molecule has 2 rings (SSSR count). The molecule has 1 aliphatic carbocycles. The summed E-state index contributed by atoms with van der Waals surface area (Å²) in [5.74, 6) is 0.261. The Morgan fingerprint density at radius 3 is 2.43 bits per heavy atom. The van der Waals surface area contributed by atoms with Crippen LogP contribution in [0.4, 0.5) is 0 Å². The van der Waals surface area contributed by atoms with Crippen LogP contribution in [0.5, 0.6) is 0 Å². The number of carbonyl (C=O) groups is 1. The maximum absolute atomic E-state index is 13.3. The first-order valence-electron chi connectivity index (χ1n) is 8.34. The first-order valence-corrected chi connectivity index (χ1v) is 8.34. The van der Waals surface area contributed by atoms with E-state index in [0.717, 1.165) is 25.7 Å². The van der Waals surface area contributed by atoms with Crippen LogP contribution in [0.1, 0.15) is 50.7 Å². The number of amides is 1. The summed E-state index contributed by atoms with van der Waals surface area (Å²) in [5.41, 5.74) is 7.87. The van der Waals surface area contributed by atoms with Crippen LogP contribution in [0.25, 0.3) is 0 Å². The van der Waals surface area contributed by atoms with Gasteiger partial charge in [0.25, 0.3) is 0 Å². The summed E-state index contributed by atoms with van der Waals surface area (Å²) in [6.45, 7) is 7.62. The van der Waals surface area contributed by atoms with E-state index < -0.39 is 0 Å². The maximum atomic E-state index is 13.3. The van der Waals surface area contributed by atoms with Crippen molar-refractivity contribution in [2.75, 3.05) is 20.1 Å². The number of carbonyl (C=O) groups excluding carboxylic acids is 1. The van der Waals surface area contributed by atoms with Crippen molar-refractivity contribution in [1.29, 1.82) is 0 Å². The van der Waals surface area contributed by atoms with Crippen LogP contribution in [0, 0.1) is 12.3 Å². The zero-order valence-corrected chi connectivity index (χ0v) is 15.7. The standard InChI is InChI=1S/C19H30N2O.ClH/c1-15-8-7-9-16(12-15)19(10-5-6-11-19)17(22)21(4)14-18(2,3)13-20;/h7-9,12H,5-6,10-11,13-14,20H2,1-4H3;1H. The third-order valence-corrected chi connectivity index (χ3v) is 5.00. The van der Waals surface area contributed by atoms with Gasteiger partial charge in [-0.05, 0) is 37.3 Å². The topological polar surface area (TPSA) is 46.3 Å². The molecule has 1 fully saturated rings. The van der Waals surface area contributed by atoms with E-state index in [1.807, 2.05) is 11.9 Å². The lowest BCUT2D eigenvalue weighted by atomic mass is 9.76. The minimum Gasteiger partial charge on any atom is -0.344 e. The third-order valence-electron chi connectivity index (χ3n) is 5.00. The first kappa shape index (κ1) is 20.0. The van der Waals surface area contributed by atoms with Gasteiger partial charge in [-0.2, -0.15) is 0 Å². The molecule has 0 aromatic heterocycles. The van der Waals surface area contributed by atoms with E-state index in [9.17, 15) is 4.79 Å². The van der Waals surface area contributed by atoms with Gasteiger partial charge in [0.15, 0.2) is 0 Å². The van der Waals surface area contributed by atoms with Gasteiger partial charge in [-0.1, -0.05) is 56.5 Å². The molecule has 0 unspecified atom stereocenters. The number of hydrogen-bond donors (Lipinski definition) is 1. The molecular formula is C19H31ClN2O. The molecule has 4 heteroatoms. The molecule has 0 spiro atoms. The molecule has 1 saturated carbocycles. The van der Waals surface area contributed by atoms with Crippen LogP contribution in [-0.2, 0) is 10.2 Å². The van der Waals surface area contributed by atoms with E-state index in [4.69, 9.17) is 5.73 Å². The number of likely N-dealkylation sites (N-methyl/N-ethyl adjacent to an activating group) is 1. The Morgan fingerprint density at radius 1 is 1.30 bits per heavy atom. The highest BCUT2D eigenvalue weighted by Gasteiger charge is 2.44. The van der Waals surface area contributed by atoms with Gasteiger partial charge in [-0.15, -0.1) is 12.4 Å². The number of nitrogens with two attached hydrogens (primary N) is 1. The average molecular weight is 339 g/mol. The Balaban J connectivity index is 0.00000264. The van der Waals surface area contributed by atoms with Crippen molar-refractivity contribution < 1.29 is 4.79 Å². The number of halogens is 1. The SMILES string of the molecule is Cc1cccc(C2(C(=O)N(C)CC(C)(C)CN)CCCC2)c1.Cl. The molecule has 130 valence electrons. The molecule has 23 heavy (non-hydrogen) atoms. The van der Waals surface area contributed by atoms with Gasteiger partial charge in [0, 0.05) is 13.6 Å². The van der Waals surface area contributed by atoms with Crippen molar-refractivity contribution in [2.24, 2.45) is 11.1 Å². The highest BCUT2D eigenvalue weighted by molar-refractivity contribution is 5.88. The molecule has 0 saturated heterocycles. The summed E-state index contributed by atoms with van der Waals surface area (Å²) in [6.07, 6.45) is 4.19. The molecule has 1 amide bonds. The van der Waals surface area contributed by atoms with Gasteiger partial charge < -0.3 is 10.6 Å². The van der Waals surface area contributed by atoms with Crippen molar-refractivity contribution in [2.45, 2.75) is 51.9 Å². The maximum Gasteiger partial charge on any atom is 0.232 e. The molecule has 1 aliphatic rings. The number of rotatable bonds is 5. The Morgan fingerprint density at radius 2 is 1.91 bits per heavy atom. The van der Waals surface area contributed by atoms with Gasteiger partial charge in [-0.3, -0.25) is 4.79 Å². The number of benzene rings is 1. The third kappa shape index (κ3) is 4.27. The lowest BCUT2D eigenvalue weighted by Crippen LogP contribution is -2.48. The summed E-state index contributed by atoms with van der Waals surface area (Å²) >= 11 is 0. The zero-order valence-electron chi connectivity index (χ0n) is 14.9. The van der Waals surface area contributed by atoms with Gasteiger partial charge >= 0.3 is 0 Å². The molecule has 0 radical (unpaired) electrons. The fraction of sp³-hybridized carbons (Fsp3) is 0.632. The van der Waals surface area contributed by atoms with E-state index in [2.05, 4.69) is 45.0 Å². The predicted octanol–water partition coefficient (Wildman–Crippen LogP) is 3.67. The van der Waals surface area contributed by atoms with Crippen molar-refractivity contribution in [1.82, 2.24) is 4.90 Å². The molecule has 3 nitrogen and oxygen atoms in total. The van der Waals surface area contributed by atoms with E-state index in [1.165, 1.54) is 11.1 Å². The summed E-state index contributed by atoms with van der Waals surface area (Å²) < 4.78 is 0. The van der Waals surface area contributed by atoms with Crippen LogP contribution >= 0.6 is 12.4 Å². The molecule has 2 N–H and O–H groups in total. The normalized spacial score (nSPS) is 16.7. The van der Waals surface area contributed by atoms with Crippen molar-refractivity contribution in [3.63, 3.8) is 0 Å². The van der Waals surface area contributed by atoms with Crippen LogP contribution < -0.4 is 5.73 Å².